The molecule has 0 unspecified atom stereocenters. The van der Waals surface area contributed by atoms with E-state index in [0.717, 1.165) is 29.7 Å². The largest absolute Gasteiger partial charge is 0.467 e. The van der Waals surface area contributed by atoms with Gasteiger partial charge >= 0.3 is 5.97 Å². The number of piperidine rings is 1. The fraction of sp³-hybridized carbons (Fsp3) is 0.424. The highest BCUT2D eigenvalue weighted by Crippen LogP contribution is 2.49. The number of carbonyl (C=O) groups excluding carboxylic acids is 1. The maximum Gasteiger partial charge on any atom is 0.339 e. The summed E-state index contributed by atoms with van der Waals surface area (Å²) in [6, 6.07) is 32.0. The lowest BCUT2D eigenvalue weighted by Gasteiger charge is -2.55. The molecule has 0 N–H and O–H groups in total. The molecule has 196 valence electrons. The number of nitrogens with zero attached hydrogens (tertiary/aromatic N) is 1. The Morgan fingerprint density at radius 3 is 1.70 bits per heavy atom. The minimum atomic E-state index is -1.05. The SMILES string of the molecule is CCCO[C@@]1(C(=O)OC)C[C@@H](C(C)(C)C)CN(C(c2ccccc2)(c2ccccc2)c2ccccc2)C1. The first-order valence-corrected chi connectivity index (χ1v) is 13.4. The summed E-state index contributed by atoms with van der Waals surface area (Å²) in [5.74, 6) is -0.0873. The van der Waals surface area contributed by atoms with Crippen LogP contribution in [0.5, 0.6) is 0 Å². The summed E-state index contributed by atoms with van der Waals surface area (Å²) in [6.07, 6.45) is 1.47. The summed E-state index contributed by atoms with van der Waals surface area (Å²) in [5, 5.41) is 0. The van der Waals surface area contributed by atoms with Gasteiger partial charge < -0.3 is 9.47 Å². The van der Waals surface area contributed by atoms with E-state index in [2.05, 4.69) is 124 Å². The van der Waals surface area contributed by atoms with Crippen LogP contribution >= 0.6 is 0 Å². The molecule has 2 atom stereocenters. The molecule has 0 saturated carbocycles. The molecule has 0 radical (unpaired) electrons. The number of methoxy groups -OCH3 is 1. The van der Waals surface area contributed by atoms with Gasteiger partial charge in [0.2, 0.25) is 0 Å². The highest BCUT2D eigenvalue weighted by atomic mass is 16.6. The van der Waals surface area contributed by atoms with E-state index in [-0.39, 0.29) is 17.3 Å². The highest BCUT2D eigenvalue weighted by molar-refractivity contribution is 5.80. The third-order valence-corrected chi connectivity index (χ3v) is 7.88. The minimum absolute atomic E-state index is 0.0384. The Morgan fingerprint density at radius 1 is 0.865 bits per heavy atom. The Kier molecular flexibility index (Phi) is 8.20. The molecule has 3 aromatic rings. The van der Waals surface area contributed by atoms with E-state index in [4.69, 9.17) is 9.47 Å². The Balaban J connectivity index is 2.03. The second-order valence-corrected chi connectivity index (χ2v) is 11.3. The van der Waals surface area contributed by atoms with Crippen LogP contribution in [0.4, 0.5) is 0 Å². The van der Waals surface area contributed by atoms with Crippen molar-refractivity contribution in [1.29, 1.82) is 0 Å². The second-order valence-electron chi connectivity index (χ2n) is 11.3. The van der Waals surface area contributed by atoms with Crippen LogP contribution in [0.1, 0.15) is 57.2 Å². The fourth-order valence-electron chi connectivity index (χ4n) is 5.88. The second kappa shape index (κ2) is 11.2. The molecule has 0 aliphatic carbocycles. The normalized spacial score (nSPS) is 20.9. The zero-order valence-electron chi connectivity index (χ0n) is 22.9. The summed E-state index contributed by atoms with van der Waals surface area (Å²) in [5.41, 5.74) is 1.78. The zero-order valence-corrected chi connectivity index (χ0v) is 22.9. The molecule has 4 heteroatoms. The summed E-state index contributed by atoms with van der Waals surface area (Å²) >= 11 is 0. The summed E-state index contributed by atoms with van der Waals surface area (Å²) in [6.45, 7) is 10.6. The number of carbonyl (C=O) groups is 1. The van der Waals surface area contributed by atoms with E-state index in [1.54, 1.807) is 0 Å². The molecule has 1 aliphatic rings. The Hall–Kier alpha value is -2.95. The number of hydrogen-bond donors (Lipinski definition) is 0. The molecule has 1 heterocycles. The quantitative estimate of drug-likeness (QED) is 0.256. The van der Waals surface area contributed by atoms with Crippen LogP contribution in [0.2, 0.25) is 0 Å². The molecular weight excluding hydrogens is 458 g/mol. The average molecular weight is 500 g/mol. The standard InChI is InChI=1S/C33H41NO3/c1-6-22-37-32(30(35)36-5)23-29(31(2,3)4)24-34(25-32)33(26-16-10-7-11-17-26,27-18-12-8-13-19-27)28-20-14-9-15-21-28/h7-21,29H,6,22-25H2,1-5H3/t29-,32+/m1/s1. The summed E-state index contributed by atoms with van der Waals surface area (Å²) < 4.78 is 12.0. The van der Waals surface area contributed by atoms with Crippen molar-refractivity contribution in [2.75, 3.05) is 26.8 Å². The first kappa shape index (κ1) is 27.1. The van der Waals surface area contributed by atoms with E-state index in [9.17, 15) is 4.79 Å². The van der Waals surface area contributed by atoms with Gasteiger partial charge in [-0.3, -0.25) is 4.90 Å². The molecule has 3 aromatic carbocycles. The summed E-state index contributed by atoms with van der Waals surface area (Å²) in [7, 11) is 1.48. The average Bonchev–Trinajstić information content (AvgIpc) is 2.93. The van der Waals surface area contributed by atoms with Crippen LogP contribution in [-0.4, -0.2) is 43.3 Å². The Bertz CT molecular complexity index is 1040. The lowest BCUT2D eigenvalue weighted by molar-refractivity contribution is -0.188. The third-order valence-electron chi connectivity index (χ3n) is 7.88. The number of ether oxygens (including phenoxy) is 2. The van der Waals surface area contributed by atoms with Crippen LogP contribution < -0.4 is 0 Å². The van der Waals surface area contributed by atoms with Crippen LogP contribution in [0.25, 0.3) is 0 Å². The number of benzene rings is 3. The van der Waals surface area contributed by atoms with Gasteiger partial charge in [-0.25, -0.2) is 4.79 Å². The van der Waals surface area contributed by atoms with Crippen molar-refractivity contribution < 1.29 is 14.3 Å². The van der Waals surface area contributed by atoms with Gasteiger partial charge in [-0.1, -0.05) is 119 Å². The topological polar surface area (TPSA) is 38.8 Å². The van der Waals surface area contributed by atoms with E-state index >= 15 is 0 Å². The molecule has 0 amide bonds. The van der Waals surface area contributed by atoms with Gasteiger partial charge in [0.05, 0.1) is 12.6 Å². The number of likely N-dealkylation sites (tertiary alicyclic amines) is 1. The van der Waals surface area contributed by atoms with Gasteiger partial charge in [0.15, 0.2) is 5.60 Å². The van der Waals surface area contributed by atoms with E-state index in [0.29, 0.717) is 19.6 Å². The van der Waals surface area contributed by atoms with Crippen LogP contribution in [0.3, 0.4) is 0 Å². The number of esters is 1. The van der Waals surface area contributed by atoms with Gasteiger partial charge in [0, 0.05) is 19.7 Å². The Labute approximate surface area is 222 Å². The predicted octanol–water partition coefficient (Wildman–Crippen LogP) is 6.68. The van der Waals surface area contributed by atoms with Crippen molar-refractivity contribution in [2.45, 2.75) is 51.7 Å². The van der Waals surface area contributed by atoms with Gasteiger partial charge in [0.1, 0.15) is 0 Å². The Morgan fingerprint density at radius 2 is 1.32 bits per heavy atom. The van der Waals surface area contributed by atoms with Crippen molar-refractivity contribution in [1.82, 2.24) is 4.90 Å². The smallest absolute Gasteiger partial charge is 0.339 e. The van der Waals surface area contributed by atoms with Crippen molar-refractivity contribution >= 4 is 5.97 Å². The van der Waals surface area contributed by atoms with Gasteiger partial charge in [-0.15, -0.1) is 0 Å². The van der Waals surface area contributed by atoms with Crippen molar-refractivity contribution in [3.05, 3.63) is 108 Å². The van der Waals surface area contributed by atoms with Crippen molar-refractivity contribution in [3.63, 3.8) is 0 Å². The molecule has 37 heavy (non-hydrogen) atoms. The molecule has 1 aliphatic heterocycles. The summed E-state index contributed by atoms with van der Waals surface area (Å²) in [4.78, 5) is 16.1. The lowest BCUT2D eigenvalue weighted by Crippen LogP contribution is -2.64. The molecule has 1 saturated heterocycles. The molecule has 4 nitrogen and oxygen atoms in total. The van der Waals surface area contributed by atoms with Gasteiger partial charge in [0.25, 0.3) is 0 Å². The van der Waals surface area contributed by atoms with Gasteiger partial charge in [-0.05, 0) is 40.9 Å². The van der Waals surface area contributed by atoms with Crippen LogP contribution in [-0.2, 0) is 19.8 Å². The molecular formula is C33H41NO3. The monoisotopic (exact) mass is 499 g/mol. The molecule has 0 bridgehead atoms. The van der Waals surface area contributed by atoms with Crippen LogP contribution in [0.15, 0.2) is 91.0 Å². The van der Waals surface area contributed by atoms with Gasteiger partial charge in [-0.2, -0.15) is 0 Å². The number of rotatable bonds is 8. The van der Waals surface area contributed by atoms with E-state index in [1.165, 1.54) is 7.11 Å². The maximum absolute atomic E-state index is 13.6. The molecule has 0 spiro atoms. The molecule has 0 aromatic heterocycles. The van der Waals surface area contributed by atoms with Crippen molar-refractivity contribution in [3.8, 4) is 0 Å². The van der Waals surface area contributed by atoms with Crippen molar-refractivity contribution in [2.24, 2.45) is 11.3 Å². The highest BCUT2D eigenvalue weighted by Gasteiger charge is 2.55. The van der Waals surface area contributed by atoms with E-state index < -0.39 is 11.1 Å². The first-order valence-electron chi connectivity index (χ1n) is 13.4. The van der Waals surface area contributed by atoms with Crippen LogP contribution in [0, 0.1) is 11.3 Å². The first-order chi connectivity index (χ1) is 17.8. The predicted molar refractivity (Wildman–Crippen MR) is 149 cm³/mol. The lowest BCUT2D eigenvalue weighted by atomic mass is 9.68. The maximum atomic E-state index is 13.6. The zero-order chi connectivity index (χ0) is 26.5. The fourth-order valence-corrected chi connectivity index (χ4v) is 5.88. The molecule has 4 rings (SSSR count). The van der Waals surface area contributed by atoms with E-state index in [1.807, 2.05) is 0 Å². The minimum Gasteiger partial charge on any atom is -0.467 e. The number of hydrogen-bond acceptors (Lipinski definition) is 4. The third kappa shape index (κ3) is 5.23. The molecule has 1 fully saturated rings.